The second kappa shape index (κ2) is 5.13. The minimum absolute atomic E-state index is 0.309. The molecule has 1 N–H and O–H groups in total. The molecule has 2 heterocycles. The molecule has 0 aliphatic heterocycles. The van der Waals surface area contributed by atoms with E-state index in [1.165, 1.54) is 4.57 Å². The molecule has 3 rings (SSSR count). The first kappa shape index (κ1) is 12.9. The van der Waals surface area contributed by atoms with Gasteiger partial charge in [0.25, 0.3) is 0 Å². The predicted molar refractivity (Wildman–Crippen MR) is 80.8 cm³/mol. The maximum absolute atomic E-state index is 11.8. The Labute approximate surface area is 123 Å². The Bertz CT molecular complexity index is 805. The van der Waals surface area contributed by atoms with Crippen LogP contribution in [-0.2, 0) is 6.67 Å². The third-order valence-electron chi connectivity index (χ3n) is 2.96. The Morgan fingerprint density at radius 3 is 2.95 bits per heavy atom. The van der Waals surface area contributed by atoms with Gasteiger partial charge in [-0.3, -0.25) is 4.57 Å². The minimum Gasteiger partial charge on any atom is -0.408 e. The number of hydrogen-bond donors (Lipinski definition) is 1. The number of rotatable bonds is 3. The van der Waals surface area contributed by atoms with Crippen LogP contribution >= 0.6 is 15.9 Å². The van der Waals surface area contributed by atoms with Crippen LogP contribution in [-0.4, -0.2) is 9.55 Å². The van der Waals surface area contributed by atoms with Crippen molar-refractivity contribution in [3.63, 3.8) is 0 Å². The monoisotopic (exact) mass is 333 g/mol. The molecule has 0 amide bonds. The third-order valence-corrected chi connectivity index (χ3v) is 3.45. The average Bonchev–Trinajstić information content (AvgIpc) is 2.73. The summed E-state index contributed by atoms with van der Waals surface area (Å²) >= 11 is 3.35. The number of nitrogens with zero attached hydrogens (tertiary/aromatic N) is 2. The number of nitrogens with one attached hydrogen (secondary N) is 1. The Balaban J connectivity index is 1.89. The summed E-state index contributed by atoms with van der Waals surface area (Å²) in [6.45, 7) is 2.28. The van der Waals surface area contributed by atoms with Gasteiger partial charge in [-0.25, -0.2) is 9.78 Å². The highest BCUT2D eigenvalue weighted by molar-refractivity contribution is 9.10. The number of hydrogen-bond acceptors (Lipinski definition) is 4. The third kappa shape index (κ3) is 2.46. The van der Waals surface area contributed by atoms with E-state index >= 15 is 0 Å². The van der Waals surface area contributed by atoms with Gasteiger partial charge >= 0.3 is 5.76 Å². The molecule has 0 saturated heterocycles. The number of oxazole rings is 1. The van der Waals surface area contributed by atoms with Crippen molar-refractivity contribution in [3.05, 3.63) is 57.1 Å². The van der Waals surface area contributed by atoms with Gasteiger partial charge in [0.15, 0.2) is 5.58 Å². The molecular weight excluding hydrogens is 322 g/mol. The first-order valence-corrected chi connectivity index (χ1v) is 6.88. The van der Waals surface area contributed by atoms with Gasteiger partial charge < -0.3 is 9.73 Å². The molecule has 6 heteroatoms. The van der Waals surface area contributed by atoms with E-state index in [-0.39, 0.29) is 0 Å². The summed E-state index contributed by atoms with van der Waals surface area (Å²) < 4.78 is 7.61. The van der Waals surface area contributed by atoms with E-state index in [1.54, 1.807) is 12.3 Å². The second-order valence-electron chi connectivity index (χ2n) is 4.46. The highest BCUT2D eigenvalue weighted by Gasteiger charge is 2.09. The summed E-state index contributed by atoms with van der Waals surface area (Å²) in [5, 5.41) is 3.10. The molecule has 0 radical (unpaired) electrons. The molecular formula is C14H12BrN3O2. The van der Waals surface area contributed by atoms with Crippen LogP contribution in [0.5, 0.6) is 0 Å². The van der Waals surface area contributed by atoms with E-state index in [0.717, 1.165) is 15.6 Å². The summed E-state index contributed by atoms with van der Waals surface area (Å²) in [5.41, 5.74) is 2.40. The highest BCUT2D eigenvalue weighted by Crippen LogP contribution is 2.18. The number of benzene rings is 1. The average molecular weight is 334 g/mol. The topological polar surface area (TPSA) is 60.1 Å². The lowest BCUT2D eigenvalue weighted by Gasteiger charge is -2.06. The molecule has 0 saturated carbocycles. The minimum atomic E-state index is -0.391. The molecule has 0 aliphatic carbocycles. The maximum Gasteiger partial charge on any atom is 0.421 e. The van der Waals surface area contributed by atoms with Crippen LogP contribution < -0.4 is 11.1 Å². The Hall–Kier alpha value is -2.08. The van der Waals surface area contributed by atoms with Crippen molar-refractivity contribution in [1.82, 2.24) is 9.55 Å². The molecule has 0 aliphatic rings. The van der Waals surface area contributed by atoms with Gasteiger partial charge in [0.2, 0.25) is 0 Å². The zero-order valence-corrected chi connectivity index (χ0v) is 12.3. The quantitative estimate of drug-likeness (QED) is 0.799. The van der Waals surface area contributed by atoms with Crippen LogP contribution in [0.15, 0.2) is 50.2 Å². The Kier molecular flexibility index (Phi) is 3.31. The zero-order valence-electron chi connectivity index (χ0n) is 10.8. The fourth-order valence-corrected chi connectivity index (χ4v) is 2.26. The van der Waals surface area contributed by atoms with E-state index in [0.29, 0.717) is 18.1 Å². The first-order valence-electron chi connectivity index (χ1n) is 6.09. The van der Waals surface area contributed by atoms with Crippen LogP contribution in [0.3, 0.4) is 0 Å². The van der Waals surface area contributed by atoms with Crippen LogP contribution in [0.1, 0.15) is 5.56 Å². The fraction of sp³-hybridized carbons (Fsp3) is 0.143. The van der Waals surface area contributed by atoms with Gasteiger partial charge in [0, 0.05) is 10.7 Å². The number of halogens is 1. The SMILES string of the molecule is Cc1ccc(NCn2c(=O)oc3cc(Br)ccc32)nc1. The molecule has 3 aromatic rings. The standard InChI is InChI=1S/C14H12BrN3O2/c1-9-2-5-13(16-7-9)17-8-18-11-4-3-10(15)6-12(11)20-14(18)19/h2-7H,8H2,1H3,(H,16,17). The van der Waals surface area contributed by atoms with Crippen molar-refractivity contribution in [2.75, 3.05) is 5.32 Å². The summed E-state index contributed by atoms with van der Waals surface area (Å²) in [6.07, 6.45) is 1.77. The molecule has 0 fully saturated rings. The molecule has 0 unspecified atom stereocenters. The first-order chi connectivity index (χ1) is 9.63. The number of fused-ring (bicyclic) bond motifs is 1. The van der Waals surface area contributed by atoms with Crippen molar-refractivity contribution in [1.29, 1.82) is 0 Å². The number of pyridine rings is 1. The lowest BCUT2D eigenvalue weighted by atomic mass is 10.3. The highest BCUT2D eigenvalue weighted by atomic mass is 79.9. The smallest absolute Gasteiger partial charge is 0.408 e. The summed E-state index contributed by atoms with van der Waals surface area (Å²) in [7, 11) is 0. The fourth-order valence-electron chi connectivity index (χ4n) is 1.92. The van der Waals surface area contributed by atoms with Gasteiger partial charge in [-0.1, -0.05) is 22.0 Å². The molecule has 5 nitrogen and oxygen atoms in total. The van der Waals surface area contributed by atoms with Gasteiger partial charge in [0.05, 0.1) is 5.52 Å². The Morgan fingerprint density at radius 2 is 2.20 bits per heavy atom. The molecule has 102 valence electrons. The summed E-state index contributed by atoms with van der Waals surface area (Å²) in [4.78, 5) is 16.1. The van der Waals surface area contributed by atoms with Crippen LogP contribution in [0, 0.1) is 6.92 Å². The van der Waals surface area contributed by atoms with Crippen LogP contribution in [0.25, 0.3) is 11.1 Å². The molecule has 0 atom stereocenters. The second-order valence-corrected chi connectivity index (χ2v) is 5.38. The number of anilines is 1. The molecule has 2 aromatic heterocycles. The van der Waals surface area contributed by atoms with Crippen molar-refractivity contribution in [2.45, 2.75) is 13.6 Å². The van der Waals surface area contributed by atoms with Crippen molar-refractivity contribution >= 4 is 32.8 Å². The molecule has 20 heavy (non-hydrogen) atoms. The van der Waals surface area contributed by atoms with Crippen molar-refractivity contribution in [2.24, 2.45) is 0 Å². The molecule has 0 bridgehead atoms. The molecule has 0 spiro atoms. The van der Waals surface area contributed by atoms with E-state index in [2.05, 4.69) is 26.2 Å². The summed E-state index contributed by atoms with van der Waals surface area (Å²) in [5.74, 6) is 0.326. The largest absolute Gasteiger partial charge is 0.421 e. The summed E-state index contributed by atoms with van der Waals surface area (Å²) in [6, 6.07) is 9.33. The lowest BCUT2D eigenvalue weighted by molar-refractivity contribution is 0.515. The van der Waals surface area contributed by atoms with E-state index in [9.17, 15) is 4.79 Å². The van der Waals surface area contributed by atoms with Gasteiger partial charge in [-0.15, -0.1) is 0 Å². The van der Waals surface area contributed by atoms with Crippen LogP contribution in [0.4, 0.5) is 5.82 Å². The van der Waals surface area contributed by atoms with Gasteiger partial charge in [-0.05, 0) is 36.8 Å². The van der Waals surface area contributed by atoms with E-state index in [1.807, 2.05) is 31.2 Å². The van der Waals surface area contributed by atoms with Gasteiger partial charge in [-0.2, -0.15) is 0 Å². The Morgan fingerprint density at radius 1 is 1.35 bits per heavy atom. The normalized spacial score (nSPS) is 10.9. The zero-order chi connectivity index (χ0) is 14.1. The molecule has 1 aromatic carbocycles. The maximum atomic E-state index is 11.8. The number of aryl methyl sites for hydroxylation is 1. The van der Waals surface area contributed by atoms with Gasteiger partial charge in [0.1, 0.15) is 12.5 Å². The van der Waals surface area contributed by atoms with Crippen LogP contribution in [0.2, 0.25) is 0 Å². The lowest BCUT2D eigenvalue weighted by Crippen LogP contribution is -2.19. The van der Waals surface area contributed by atoms with E-state index < -0.39 is 5.76 Å². The van der Waals surface area contributed by atoms with E-state index in [4.69, 9.17) is 4.42 Å². The predicted octanol–water partition coefficient (Wildman–Crippen LogP) is 3.13. The van der Waals surface area contributed by atoms with Crippen molar-refractivity contribution < 1.29 is 4.42 Å². The number of aromatic nitrogens is 2. The van der Waals surface area contributed by atoms with Crippen molar-refractivity contribution in [3.8, 4) is 0 Å².